The van der Waals surface area contributed by atoms with Gasteiger partial charge in [0.25, 0.3) is 0 Å². The topological polar surface area (TPSA) is 120 Å². The first-order valence-corrected chi connectivity index (χ1v) is 12.1. The van der Waals surface area contributed by atoms with Gasteiger partial charge >= 0.3 is 0 Å². The van der Waals surface area contributed by atoms with Gasteiger partial charge in [0.1, 0.15) is 5.52 Å². The molecule has 0 radical (unpaired) electrons. The number of hydrogen-bond acceptors (Lipinski definition) is 7. The molecule has 0 spiro atoms. The lowest BCUT2D eigenvalue weighted by Gasteiger charge is -2.29. The molecule has 2 aliphatic rings. The molecule has 5 rings (SSSR count). The highest BCUT2D eigenvalue weighted by Crippen LogP contribution is 2.37. The first-order chi connectivity index (χ1) is 16.9. The van der Waals surface area contributed by atoms with E-state index in [9.17, 15) is 13.6 Å². The average molecular weight is 506 g/mol. The Bertz CT molecular complexity index is 1240. The molecule has 2 fully saturated rings. The van der Waals surface area contributed by atoms with Crippen molar-refractivity contribution < 1.29 is 18.3 Å². The Hall–Kier alpha value is -3.05. The molecule has 12 heteroatoms. The van der Waals surface area contributed by atoms with Crippen LogP contribution in [0.1, 0.15) is 44.6 Å². The van der Waals surface area contributed by atoms with Gasteiger partial charge in [-0.05, 0) is 50.7 Å². The molecule has 1 amide bonds. The van der Waals surface area contributed by atoms with Crippen LogP contribution in [0, 0.1) is 17.6 Å². The van der Waals surface area contributed by atoms with Crippen molar-refractivity contribution in [1.82, 2.24) is 19.5 Å². The molecule has 0 atom stereocenters. The monoisotopic (exact) mass is 505 g/mol. The van der Waals surface area contributed by atoms with Gasteiger partial charge in [0.15, 0.2) is 17.3 Å². The maximum absolute atomic E-state index is 14.6. The number of carbonyl (C=O) groups is 1. The molecular weight excluding hydrogens is 480 g/mol. The van der Waals surface area contributed by atoms with Gasteiger partial charge in [-0.2, -0.15) is 4.98 Å². The number of benzene rings is 1. The maximum atomic E-state index is 14.6. The molecule has 35 heavy (non-hydrogen) atoms. The van der Waals surface area contributed by atoms with E-state index in [1.807, 2.05) is 4.57 Å². The van der Waals surface area contributed by atoms with Crippen molar-refractivity contribution in [2.45, 2.75) is 50.6 Å². The van der Waals surface area contributed by atoms with Gasteiger partial charge in [-0.15, -0.1) is 0 Å². The smallest absolute Gasteiger partial charge is 0.224 e. The lowest BCUT2D eigenvalue weighted by Crippen LogP contribution is -2.29. The number of aromatic nitrogens is 4. The Morgan fingerprint density at radius 3 is 2.54 bits per heavy atom. The minimum absolute atomic E-state index is 0.0656. The standard InChI is InChI=1S/C23H26ClF2N7O2/c24-15-5-6-16(19(26)18(15)25)30-23-31-17-11-28-22(29-13-7-9-35-10-8-13)32-21(17)33(23)14-3-1-12(2-4-14)20(27)34/h5-6,11-14H,1-4,7-10H2,(H2,27,34)(H,30,31)(H,28,29,32). The highest BCUT2D eigenvalue weighted by atomic mass is 35.5. The van der Waals surface area contributed by atoms with Gasteiger partial charge in [-0.3, -0.25) is 9.36 Å². The Kier molecular flexibility index (Phi) is 6.70. The number of anilines is 3. The molecular formula is C23H26ClF2N7O2. The second-order valence-corrected chi connectivity index (χ2v) is 9.40. The van der Waals surface area contributed by atoms with E-state index in [-0.39, 0.29) is 34.6 Å². The third-order valence-electron chi connectivity index (χ3n) is 6.73. The van der Waals surface area contributed by atoms with Gasteiger partial charge in [0.05, 0.1) is 16.9 Å². The second kappa shape index (κ2) is 9.90. The minimum atomic E-state index is -1.14. The predicted octanol–water partition coefficient (Wildman–Crippen LogP) is 4.31. The number of fused-ring (bicyclic) bond motifs is 1. The molecule has 1 aliphatic heterocycles. The largest absolute Gasteiger partial charge is 0.381 e. The summed E-state index contributed by atoms with van der Waals surface area (Å²) in [6.45, 7) is 1.36. The van der Waals surface area contributed by atoms with Crippen LogP contribution in [-0.4, -0.2) is 44.7 Å². The molecule has 1 saturated carbocycles. The number of amides is 1. The van der Waals surface area contributed by atoms with Crippen LogP contribution >= 0.6 is 11.6 Å². The molecule has 2 aromatic heterocycles. The summed E-state index contributed by atoms with van der Waals surface area (Å²) in [5.74, 6) is -1.94. The molecule has 3 heterocycles. The first kappa shape index (κ1) is 23.7. The van der Waals surface area contributed by atoms with E-state index in [2.05, 4.69) is 20.6 Å². The van der Waals surface area contributed by atoms with Crippen LogP contribution in [0.3, 0.4) is 0 Å². The summed E-state index contributed by atoms with van der Waals surface area (Å²) in [6.07, 6.45) is 5.90. The maximum Gasteiger partial charge on any atom is 0.224 e. The zero-order chi connectivity index (χ0) is 24.5. The van der Waals surface area contributed by atoms with Crippen molar-refractivity contribution in [3.8, 4) is 0 Å². The quantitative estimate of drug-likeness (QED) is 0.427. The number of imidazole rings is 1. The van der Waals surface area contributed by atoms with Crippen molar-refractivity contribution in [3.05, 3.63) is 35.0 Å². The van der Waals surface area contributed by atoms with Gasteiger partial charge in [-0.1, -0.05) is 11.6 Å². The molecule has 3 aromatic rings. The number of rotatable bonds is 6. The Morgan fingerprint density at radius 1 is 1.09 bits per heavy atom. The Balaban J connectivity index is 1.51. The first-order valence-electron chi connectivity index (χ1n) is 11.7. The van der Waals surface area contributed by atoms with Gasteiger partial charge in [-0.25, -0.2) is 18.7 Å². The van der Waals surface area contributed by atoms with Crippen LogP contribution in [0.4, 0.5) is 26.4 Å². The Labute approximate surface area is 205 Å². The van der Waals surface area contributed by atoms with Crippen molar-refractivity contribution >= 4 is 46.3 Å². The van der Waals surface area contributed by atoms with Crippen molar-refractivity contribution in [2.24, 2.45) is 11.7 Å². The third-order valence-corrected chi connectivity index (χ3v) is 7.03. The molecule has 4 N–H and O–H groups in total. The van der Waals surface area contributed by atoms with Crippen LogP contribution in [0.2, 0.25) is 5.02 Å². The molecule has 1 aromatic carbocycles. The van der Waals surface area contributed by atoms with Gasteiger partial charge < -0.3 is 21.1 Å². The van der Waals surface area contributed by atoms with Crippen LogP contribution in [0.5, 0.6) is 0 Å². The average Bonchev–Trinajstić information content (AvgIpc) is 3.22. The van der Waals surface area contributed by atoms with E-state index in [1.165, 1.54) is 12.1 Å². The fourth-order valence-corrected chi connectivity index (χ4v) is 4.93. The fourth-order valence-electron chi connectivity index (χ4n) is 4.78. The summed E-state index contributed by atoms with van der Waals surface area (Å²) in [6, 6.07) is 2.78. The highest BCUT2D eigenvalue weighted by Gasteiger charge is 2.29. The van der Waals surface area contributed by atoms with E-state index in [0.29, 0.717) is 62.0 Å². The molecule has 0 unspecified atom stereocenters. The molecule has 1 saturated heterocycles. The van der Waals surface area contributed by atoms with Gasteiger partial charge in [0.2, 0.25) is 17.8 Å². The van der Waals surface area contributed by atoms with E-state index in [1.54, 1.807) is 6.20 Å². The van der Waals surface area contributed by atoms with Gasteiger partial charge in [0, 0.05) is 31.2 Å². The summed E-state index contributed by atoms with van der Waals surface area (Å²) in [4.78, 5) is 25.4. The third kappa shape index (κ3) is 4.87. The molecule has 1 aliphatic carbocycles. The summed E-state index contributed by atoms with van der Waals surface area (Å²) in [5, 5.41) is 5.97. The van der Waals surface area contributed by atoms with E-state index >= 15 is 0 Å². The van der Waals surface area contributed by atoms with Crippen molar-refractivity contribution in [2.75, 3.05) is 23.8 Å². The second-order valence-electron chi connectivity index (χ2n) is 8.99. The highest BCUT2D eigenvalue weighted by molar-refractivity contribution is 6.30. The van der Waals surface area contributed by atoms with Crippen LogP contribution in [-0.2, 0) is 9.53 Å². The number of nitrogens with two attached hydrogens (primary N) is 1. The number of hydrogen-bond donors (Lipinski definition) is 3. The van der Waals surface area contributed by atoms with Crippen molar-refractivity contribution in [1.29, 1.82) is 0 Å². The van der Waals surface area contributed by atoms with E-state index in [0.717, 1.165) is 12.8 Å². The zero-order valence-electron chi connectivity index (χ0n) is 18.9. The molecule has 9 nitrogen and oxygen atoms in total. The Morgan fingerprint density at radius 2 is 1.83 bits per heavy atom. The SMILES string of the molecule is NC(=O)C1CCC(n2c(Nc3ccc(Cl)c(F)c3F)nc3cnc(NC4CCOCC4)nc32)CC1. The number of nitrogens with zero attached hydrogens (tertiary/aromatic N) is 4. The lowest BCUT2D eigenvalue weighted by atomic mass is 9.85. The lowest BCUT2D eigenvalue weighted by molar-refractivity contribution is -0.122. The molecule has 186 valence electrons. The number of carbonyl (C=O) groups excluding carboxylic acids is 1. The number of halogens is 3. The summed E-state index contributed by atoms with van der Waals surface area (Å²) in [5.41, 5.74) is 6.49. The summed E-state index contributed by atoms with van der Waals surface area (Å²) >= 11 is 5.71. The number of primary amides is 1. The van der Waals surface area contributed by atoms with Crippen LogP contribution < -0.4 is 16.4 Å². The van der Waals surface area contributed by atoms with Crippen molar-refractivity contribution in [3.63, 3.8) is 0 Å². The van der Waals surface area contributed by atoms with Crippen LogP contribution in [0.25, 0.3) is 11.2 Å². The summed E-state index contributed by atoms with van der Waals surface area (Å²) < 4.78 is 36.0. The molecule has 0 bridgehead atoms. The van der Waals surface area contributed by atoms with E-state index in [4.69, 9.17) is 27.1 Å². The summed E-state index contributed by atoms with van der Waals surface area (Å²) in [7, 11) is 0. The zero-order valence-corrected chi connectivity index (χ0v) is 19.7. The normalized spacial score (nSPS) is 21.2. The number of ether oxygens (including phenoxy) is 1. The van der Waals surface area contributed by atoms with Crippen LogP contribution in [0.15, 0.2) is 18.3 Å². The van der Waals surface area contributed by atoms with E-state index < -0.39 is 11.6 Å². The minimum Gasteiger partial charge on any atom is -0.381 e. The number of nitrogens with one attached hydrogen (secondary N) is 2. The predicted molar refractivity (Wildman–Crippen MR) is 128 cm³/mol. The fraction of sp³-hybridized carbons (Fsp3) is 0.478.